The summed E-state index contributed by atoms with van der Waals surface area (Å²) in [5, 5.41) is 3.53. The molecule has 1 saturated heterocycles. The fourth-order valence-electron chi connectivity index (χ4n) is 3.69. The zero-order chi connectivity index (χ0) is 18.7. The number of sulfonamides is 1. The number of hydrogen-bond acceptors (Lipinski definition) is 3. The first-order valence-corrected chi connectivity index (χ1v) is 11.0. The van der Waals surface area contributed by atoms with Gasteiger partial charge in [0.15, 0.2) is 0 Å². The first-order chi connectivity index (χ1) is 12.4. The fraction of sp³-hybridized carbons (Fsp3) is 0.611. The van der Waals surface area contributed by atoms with E-state index in [-0.39, 0.29) is 17.0 Å². The summed E-state index contributed by atoms with van der Waals surface area (Å²) in [6.07, 6.45) is 4.56. The van der Waals surface area contributed by atoms with Crippen molar-refractivity contribution >= 4 is 27.7 Å². The van der Waals surface area contributed by atoms with Gasteiger partial charge in [0.25, 0.3) is 0 Å². The number of carbonyl (C=O) groups excluding carboxylic acids is 1. The van der Waals surface area contributed by atoms with Crippen molar-refractivity contribution in [3.8, 4) is 0 Å². The van der Waals surface area contributed by atoms with Crippen LogP contribution in [0.5, 0.6) is 0 Å². The SMILES string of the molecule is C[C@@H]1CCCC[C@@H]1NC(=O)N1CCN(S(=O)(=O)c2cccc(Cl)c2)CC1. The van der Waals surface area contributed by atoms with Crippen LogP contribution in [0.1, 0.15) is 32.6 Å². The van der Waals surface area contributed by atoms with Crippen LogP contribution in [0, 0.1) is 5.92 Å². The molecule has 1 aliphatic heterocycles. The molecular formula is C18H26ClN3O3S. The van der Waals surface area contributed by atoms with Crippen LogP contribution < -0.4 is 5.32 Å². The van der Waals surface area contributed by atoms with Gasteiger partial charge in [0, 0.05) is 37.2 Å². The van der Waals surface area contributed by atoms with Gasteiger partial charge in [0.1, 0.15) is 0 Å². The average molecular weight is 400 g/mol. The molecule has 8 heteroatoms. The van der Waals surface area contributed by atoms with E-state index in [2.05, 4.69) is 12.2 Å². The second-order valence-corrected chi connectivity index (χ2v) is 9.54. The number of benzene rings is 1. The zero-order valence-corrected chi connectivity index (χ0v) is 16.6. The van der Waals surface area contributed by atoms with Crippen molar-refractivity contribution in [3.05, 3.63) is 29.3 Å². The molecule has 2 atom stereocenters. The molecule has 2 fully saturated rings. The lowest BCUT2D eigenvalue weighted by Crippen LogP contribution is -2.55. The number of rotatable bonds is 3. The van der Waals surface area contributed by atoms with Crippen molar-refractivity contribution in [2.24, 2.45) is 5.92 Å². The molecule has 6 nitrogen and oxygen atoms in total. The summed E-state index contributed by atoms with van der Waals surface area (Å²) in [5.41, 5.74) is 0. The minimum Gasteiger partial charge on any atom is -0.335 e. The lowest BCUT2D eigenvalue weighted by atomic mass is 9.86. The second kappa shape index (κ2) is 8.15. The Morgan fingerprint density at radius 1 is 1.15 bits per heavy atom. The van der Waals surface area contributed by atoms with Gasteiger partial charge in [-0.1, -0.05) is 37.4 Å². The predicted octanol–water partition coefficient (Wildman–Crippen LogP) is 2.93. The Kier molecular flexibility index (Phi) is 6.10. The molecule has 1 aromatic rings. The van der Waals surface area contributed by atoms with Crippen LogP contribution in [-0.4, -0.2) is 55.9 Å². The van der Waals surface area contributed by atoms with Crippen LogP contribution in [0.15, 0.2) is 29.2 Å². The minimum atomic E-state index is -3.58. The first kappa shape index (κ1) is 19.5. The molecule has 1 N–H and O–H groups in total. The zero-order valence-electron chi connectivity index (χ0n) is 15.0. The first-order valence-electron chi connectivity index (χ1n) is 9.19. The molecule has 1 aromatic carbocycles. The highest BCUT2D eigenvalue weighted by Gasteiger charge is 2.31. The number of amides is 2. The number of urea groups is 1. The molecule has 0 bridgehead atoms. The molecule has 1 saturated carbocycles. The van der Waals surface area contributed by atoms with E-state index >= 15 is 0 Å². The number of halogens is 1. The summed E-state index contributed by atoms with van der Waals surface area (Å²) < 4.78 is 26.9. The quantitative estimate of drug-likeness (QED) is 0.849. The monoisotopic (exact) mass is 399 g/mol. The molecular weight excluding hydrogens is 374 g/mol. The molecule has 0 aromatic heterocycles. The number of nitrogens with zero attached hydrogens (tertiary/aromatic N) is 2. The van der Waals surface area contributed by atoms with Crippen molar-refractivity contribution in [1.82, 2.24) is 14.5 Å². The highest BCUT2D eigenvalue weighted by molar-refractivity contribution is 7.89. The minimum absolute atomic E-state index is 0.0800. The third-order valence-electron chi connectivity index (χ3n) is 5.38. The van der Waals surface area contributed by atoms with E-state index in [4.69, 9.17) is 11.6 Å². The molecule has 1 aliphatic carbocycles. The average Bonchev–Trinajstić information content (AvgIpc) is 2.63. The molecule has 26 heavy (non-hydrogen) atoms. The maximum Gasteiger partial charge on any atom is 0.317 e. The number of hydrogen-bond donors (Lipinski definition) is 1. The normalized spacial score (nSPS) is 25.1. The van der Waals surface area contributed by atoms with Gasteiger partial charge in [0.2, 0.25) is 10.0 Å². The van der Waals surface area contributed by atoms with E-state index in [0.717, 1.165) is 19.3 Å². The molecule has 3 rings (SSSR count). The van der Waals surface area contributed by atoms with Crippen molar-refractivity contribution < 1.29 is 13.2 Å². The van der Waals surface area contributed by atoms with Crippen molar-refractivity contribution in [1.29, 1.82) is 0 Å². The Bertz CT molecular complexity index is 748. The van der Waals surface area contributed by atoms with E-state index in [1.807, 2.05) is 0 Å². The van der Waals surface area contributed by atoms with Crippen LogP contribution >= 0.6 is 11.6 Å². The van der Waals surface area contributed by atoms with E-state index in [1.54, 1.807) is 23.1 Å². The van der Waals surface area contributed by atoms with E-state index in [0.29, 0.717) is 37.1 Å². The summed E-state index contributed by atoms with van der Waals surface area (Å²) in [7, 11) is -3.58. The molecule has 0 spiro atoms. The van der Waals surface area contributed by atoms with Crippen LogP contribution in [0.4, 0.5) is 4.79 Å². The van der Waals surface area contributed by atoms with Crippen LogP contribution in [0.2, 0.25) is 5.02 Å². The van der Waals surface area contributed by atoms with Crippen LogP contribution in [-0.2, 0) is 10.0 Å². The van der Waals surface area contributed by atoms with Gasteiger partial charge in [-0.05, 0) is 37.0 Å². The lowest BCUT2D eigenvalue weighted by Gasteiger charge is -2.36. The van der Waals surface area contributed by atoms with Crippen molar-refractivity contribution in [2.75, 3.05) is 26.2 Å². The molecule has 2 amide bonds. The largest absolute Gasteiger partial charge is 0.335 e. The van der Waals surface area contributed by atoms with Gasteiger partial charge >= 0.3 is 6.03 Å². The van der Waals surface area contributed by atoms with Gasteiger partial charge in [-0.15, -0.1) is 0 Å². The maximum absolute atomic E-state index is 12.7. The summed E-state index contributed by atoms with van der Waals surface area (Å²) in [6.45, 7) is 3.56. The van der Waals surface area contributed by atoms with Gasteiger partial charge in [0.05, 0.1) is 4.90 Å². The van der Waals surface area contributed by atoms with Crippen LogP contribution in [0.3, 0.4) is 0 Å². The standard InChI is InChI=1S/C18H26ClN3O3S/c1-14-5-2-3-8-17(14)20-18(23)21-9-11-22(12-10-21)26(24,25)16-7-4-6-15(19)13-16/h4,6-7,13-14,17H,2-3,5,8-12H2,1H3,(H,20,23)/t14-,17+/m1/s1. The third-order valence-corrected chi connectivity index (χ3v) is 7.51. The van der Waals surface area contributed by atoms with Gasteiger partial charge < -0.3 is 10.2 Å². The van der Waals surface area contributed by atoms with Crippen molar-refractivity contribution in [3.63, 3.8) is 0 Å². The van der Waals surface area contributed by atoms with E-state index in [9.17, 15) is 13.2 Å². The maximum atomic E-state index is 12.7. The Hall–Kier alpha value is -1.31. The Balaban J connectivity index is 1.57. The highest BCUT2D eigenvalue weighted by Crippen LogP contribution is 2.24. The van der Waals surface area contributed by atoms with E-state index < -0.39 is 10.0 Å². The molecule has 1 heterocycles. The Morgan fingerprint density at radius 3 is 2.50 bits per heavy atom. The number of carbonyl (C=O) groups is 1. The molecule has 144 valence electrons. The summed E-state index contributed by atoms with van der Waals surface area (Å²) in [6, 6.07) is 6.43. The highest BCUT2D eigenvalue weighted by atomic mass is 35.5. The van der Waals surface area contributed by atoms with E-state index in [1.165, 1.54) is 16.8 Å². The van der Waals surface area contributed by atoms with Crippen molar-refractivity contribution in [2.45, 2.75) is 43.5 Å². The van der Waals surface area contributed by atoms with Gasteiger partial charge in [-0.3, -0.25) is 0 Å². The molecule has 0 unspecified atom stereocenters. The van der Waals surface area contributed by atoms with Crippen LogP contribution in [0.25, 0.3) is 0 Å². The number of piperazine rings is 1. The smallest absolute Gasteiger partial charge is 0.317 e. The summed E-state index contributed by atoms with van der Waals surface area (Å²) >= 11 is 5.91. The summed E-state index contributed by atoms with van der Waals surface area (Å²) in [4.78, 5) is 14.4. The Labute approximate surface area is 160 Å². The van der Waals surface area contributed by atoms with Gasteiger partial charge in [-0.2, -0.15) is 4.31 Å². The lowest BCUT2D eigenvalue weighted by molar-refractivity contribution is 0.161. The topological polar surface area (TPSA) is 69.7 Å². The summed E-state index contributed by atoms with van der Waals surface area (Å²) in [5.74, 6) is 0.497. The Morgan fingerprint density at radius 2 is 1.85 bits per heavy atom. The molecule has 0 radical (unpaired) electrons. The van der Waals surface area contributed by atoms with Gasteiger partial charge in [-0.25, -0.2) is 13.2 Å². The second-order valence-electron chi connectivity index (χ2n) is 7.17. The molecule has 2 aliphatic rings. The third kappa shape index (κ3) is 4.32. The fourth-order valence-corrected chi connectivity index (χ4v) is 5.41. The predicted molar refractivity (Wildman–Crippen MR) is 102 cm³/mol. The number of nitrogens with one attached hydrogen (secondary N) is 1.